The smallest absolute Gasteiger partial charge is 0.0627 e. The van der Waals surface area contributed by atoms with Gasteiger partial charge >= 0.3 is 0 Å². The van der Waals surface area contributed by atoms with Crippen LogP contribution in [0, 0.1) is 11.8 Å². The summed E-state index contributed by atoms with van der Waals surface area (Å²) in [7, 11) is 1.99. The van der Waals surface area contributed by atoms with Crippen LogP contribution in [0.4, 0.5) is 0 Å². The lowest BCUT2D eigenvalue weighted by Gasteiger charge is -2.36. The van der Waals surface area contributed by atoms with Crippen molar-refractivity contribution in [3.63, 3.8) is 0 Å². The van der Waals surface area contributed by atoms with E-state index in [1.807, 2.05) is 17.9 Å². The van der Waals surface area contributed by atoms with Crippen molar-refractivity contribution in [2.24, 2.45) is 18.9 Å². The van der Waals surface area contributed by atoms with E-state index in [0.717, 1.165) is 24.8 Å². The summed E-state index contributed by atoms with van der Waals surface area (Å²) in [6.07, 6.45) is 5.97. The molecule has 0 bridgehead atoms. The number of aromatic nitrogens is 2. The average molecular weight is 207 g/mol. The number of rotatable bonds is 5. The normalized spacial score (nSPS) is 25.2. The summed E-state index contributed by atoms with van der Waals surface area (Å²) in [5.41, 5.74) is 1.25. The first-order valence-corrected chi connectivity index (χ1v) is 5.99. The highest BCUT2D eigenvalue weighted by molar-refractivity contribution is 5.02. The van der Waals surface area contributed by atoms with Crippen molar-refractivity contribution in [1.29, 1.82) is 0 Å². The van der Waals surface area contributed by atoms with Crippen LogP contribution in [0.2, 0.25) is 0 Å². The second-order valence-corrected chi connectivity index (χ2v) is 4.59. The van der Waals surface area contributed by atoms with Crippen molar-refractivity contribution < 1.29 is 0 Å². The number of nitrogens with one attached hydrogen (secondary N) is 1. The minimum Gasteiger partial charge on any atom is -0.317 e. The Balaban J connectivity index is 1.80. The molecule has 1 aromatic rings. The van der Waals surface area contributed by atoms with E-state index < -0.39 is 0 Å². The van der Waals surface area contributed by atoms with Crippen molar-refractivity contribution in [2.75, 3.05) is 13.1 Å². The Labute approximate surface area is 91.9 Å². The predicted octanol–water partition coefficient (Wildman–Crippen LogP) is 1.60. The van der Waals surface area contributed by atoms with Crippen molar-refractivity contribution in [2.45, 2.75) is 26.2 Å². The molecule has 1 fully saturated rings. The lowest BCUT2D eigenvalue weighted by atomic mass is 9.71. The van der Waals surface area contributed by atoms with Crippen LogP contribution in [0.5, 0.6) is 0 Å². The van der Waals surface area contributed by atoms with E-state index >= 15 is 0 Å². The van der Waals surface area contributed by atoms with Crippen LogP contribution in [0.15, 0.2) is 12.3 Å². The third-order valence-electron chi connectivity index (χ3n) is 3.47. The molecule has 2 atom stereocenters. The molecule has 0 radical (unpaired) electrons. The molecular formula is C12H21N3. The zero-order chi connectivity index (χ0) is 10.7. The highest BCUT2D eigenvalue weighted by Gasteiger charge is 2.30. The van der Waals surface area contributed by atoms with Crippen LogP contribution < -0.4 is 5.32 Å². The molecule has 84 valence electrons. The predicted molar refractivity (Wildman–Crippen MR) is 61.7 cm³/mol. The van der Waals surface area contributed by atoms with Gasteiger partial charge in [-0.2, -0.15) is 5.10 Å². The summed E-state index contributed by atoms with van der Waals surface area (Å²) < 4.78 is 1.90. The number of hydrogen-bond donors (Lipinski definition) is 1. The quantitative estimate of drug-likeness (QED) is 0.795. The molecule has 15 heavy (non-hydrogen) atoms. The Morgan fingerprint density at radius 2 is 2.27 bits per heavy atom. The molecule has 0 aromatic carbocycles. The zero-order valence-corrected chi connectivity index (χ0v) is 9.74. The molecule has 1 N–H and O–H groups in total. The number of aryl methyl sites for hydroxylation is 1. The van der Waals surface area contributed by atoms with Crippen molar-refractivity contribution in [3.8, 4) is 0 Å². The van der Waals surface area contributed by atoms with Crippen LogP contribution in [0.3, 0.4) is 0 Å². The average Bonchev–Trinajstić information content (AvgIpc) is 2.60. The lowest BCUT2D eigenvalue weighted by molar-refractivity contribution is 0.170. The SMILES string of the molecule is CCNCC1CCC1Cc1ccn(C)n1. The molecule has 0 aliphatic heterocycles. The maximum absolute atomic E-state index is 4.44. The summed E-state index contributed by atoms with van der Waals surface area (Å²) in [5, 5.41) is 7.89. The van der Waals surface area contributed by atoms with Gasteiger partial charge in [-0.1, -0.05) is 6.92 Å². The highest BCUT2D eigenvalue weighted by atomic mass is 15.2. The largest absolute Gasteiger partial charge is 0.317 e. The number of hydrogen-bond acceptors (Lipinski definition) is 2. The van der Waals surface area contributed by atoms with Crippen molar-refractivity contribution in [1.82, 2.24) is 15.1 Å². The van der Waals surface area contributed by atoms with Crippen LogP contribution in [-0.4, -0.2) is 22.9 Å². The van der Waals surface area contributed by atoms with Crippen LogP contribution in [0.25, 0.3) is 0 Å². The van der Waals surface area contributed by atoms with Crippen LogP contribution in [0.1, 0.15) is 25.5 Å². The maximum atomic E-state index is 4.44. The first kappa shape index (κ1) is 10.7. The van der Waals surface area contributed by atoms with E-state index in [9.17, 15) is 0 Å². The Hall–Kier alpha value is -0.830. The lowest BCUT2D eigenvalue weighted by Crippen LogP contribution is -2.36. The molecule has 0 amide bonds. The molecule has 2 rings (SSSR count). The summed E-state index contributed by atoms with van der Waals surface area (Å²) in [6, 6.07) is 2.14. The van der Waals surface area contributed by atoms with Gasteiger partial charge in [-0.25, -0.2) is 0 Å². The van der Waals surface area contributed by atoms with E-state index in [2.05, 4.69) is 23.4 Å². The third kappa shape index (κ3) is 2.59. The summed E-state index contributed by atoms with van der Waals surface area (Å²) in [5.74, 6) is 1.74. The molecule has 1 aliphatic rings. The Kier molecular flexibility index (Phi) is 3.41. The fourth-order valence-electron chi connectivity index (χ4n) is 2.35. The second kappa shape index (κ2) is 4.79. The summed E-state index contributed by atoms with van der Waals surface area (Å²) in [6.45, 7) is 4.45. The second-order valence-electron chi connectivity index (χ2n) is 4.59. The first-order chi connectivity index (χ1) is 7.29. The Morgan fingerprint density at radius 3 is 2.80 bits per heavy atom. The van der Waals surface area contributed by atoms with Gasteiger partial charge in [0.2, 0.25) is 0 Å². The fourth-order valence-corrected chi connectivity index (χ4v) is 2.35. The van der Waals surface area contributed by atoms with E-state index in [1.54, 1.807) is 0 Å². The highest BCUT2D eigenvalue weighted by Crippen LogP contribution is 2.35. The van der Waals surface area contributed by atoms with Gasteiger partial charge in [0.05, 0.1) is 5.69 Å². The van der Waals surface area contributed by atoms with Gasteiger partial charge in [-0.15, -0.1) is 0 Å². The number of nitrogens with zero attached hydrogens (tertiary/aromatic N) is 2. The molecular weight excluding hydrogens is 186 g/mol. The maximum Gasteiger partial charge on any atom is 0.0627 e. The Bertz CT molecular complexity index is 306. The van der Waals surface area contributed by atoms with E-state index in [-0.39, 0.29) is 0 Å². The van der Waals surface area contributed by atoms with Gasteiger partial charge in [-0.3, -0.25) is 4.68 Å². The molecule has 0 spiro atoms. The van der Waals surface area contributed by atoms with Crippen LogP contribution in [-0.2, 0) is 13.5 Å². The molecule has 3 nitrogen and oxygen atoms in total. The molecule has 2 unspecified atom stereocenters. The molecule has 0 saturated heterocycles. The van der Waals surface area contributed by atoms with Crippen molar-refractivity contribution >= 4 is 0 Å². The topological polar surface area (TPSA) is 29.9 Å². The van der Waals surface area contributed by atoms with Gasteiger partial charge in [0.15, 0.2) is 0 Å². The van der Waals surface area contributed by atoms with Crippen LogP contribution >= 0.6 is 0 Å². The zero-order valence-electron chi connectivity index (χ0n) is 9.74. The van der Waals surface area contributed by atoms with Gasteiger partial charge in [-0.05, 0) is 50.3 Å². The minimum atomic E-state index is 0.860. The standard InChI is InChI=1S/C12H21N3/c1-3-13-9-11-5-4-10(11)8-12-6-7-15(2)14-12/h6-7,10-11,13H,3-5,8-9H2,1-2H3. The monoisotopic (exact) mass is 207 g/mol. The van der Waals surface area contributed by atoms with Gasteiger partial charge in [0, 0.05) is 13.2 Å². The Morgan fingerprint density at radius 1 is 1.47 bits per heavy atom. The third-order valence-corrected chi connectivity index (χ3v) is 3.47. The molecule has 1 saturated carbocycles. The van der Waals surface area contributed by atoms with Gasteiger partial charge in [0.1, 0.15) is 0 Å². The summed E-state index contributed by atoms with van der Waals surface area (Å²) >= 11 is 0. The molecule has 1 aromatic heterocycles. The van der Waals surface area contributed by atoms with E-state index in [4.69, 9.17) is 0 Å². The first-order valence-electron chi connectivity index (χ1n) is 5.99. The minimum absolute atomic E-state index is 0.860. The van der Waals surface area contributed by atoms with E-state index in [0.29, 0.717) is 0 Å². The van der Waals surface area contributed by atoms with Gasteiger partial charge in [0.25, 0.3) is 0 Å². The van der Waals surface area contributed by atoms with Crippen molar-refractivity contribution in [3.05, 3.63) is 18.0 Å². The fraction of sp³-hybridized carbons (Fsp3) is 0.750. The summed E-state index contributed by atoms with van der Waals surface area (Å²) in [4.78, 5) is 0. The molecule has 1 heterocycles. The molecule has 1 aliphatic carbocycles. The van der Waals surface area contributed by atoms with E-state index in [1.165, 1.54) is 25.1 Å². The van der Waals surface area contributed by atoms with Gasteiger partial charge < -0.3 is 5.32 Å². The molecule has 3 heteroatoms.